The van der Waals surface area contributed by atoms with Gasteiger partial charge in [-0.1, -0.05) is 42.1 Å². The van der Waals surface area contributed by atoms with Crippen molar-refractivity contribution in [2.75, 3.05) is 11.1 Å². The first-order valence-corrected chi connectivity index (χ1v) is 10.2. The average Bonchev–Trinajstić information content (AvgIpc) is 3.14. The van der Waals surface area contributed by atoms with E-state index in [0.717, 1.165) is 17.3 Å². The monoisotopic (exact) mass is 474 g/mol. The van der Waals surface area contributed by atoms with Gasteiger partial charge in [0.1, 0.15) is 0 Å². The fourth-order valence-corrected chi connectivity index (χ4v) is 3.64. The second-order valence-corrected chi connectivity index (χ2v) is 7.49. The Labute approximate surface area is 182 Å². The fraction of sp³-hybridized carbons (Fsp3) is 0.250. The molecular weight excluding hydrogens is 458 g/mol. The molecule has 0 radical (unpaired) electrons. The van der Waals surface area contributed by atoms with Crippen LogP contribution in [-0.2, 0) is 23.7 Å². The standard InChI is InChI=1S/C20H16F6N4OS/c1-2-30-17(12-6-4-3-5-7-12)28-29-18(30)32-11-16(31)27-15-9-13(19(21,22)23)8-14(10-15)20(24,25)26/h3-10H,2,11H2,1H3,(H,27,31). The molecule has 0 saturated carbocycles. The quantitative estimate of drug-likeness (QED) is 0.366. The van der Waals surface area contributed by atoms with E-state index in [1.165, 1.54) is 0 Å². The second-order valence-electron chi connectivity index (χ2n) is 6.55. The molecule has 0 unspecified atom stereocenters. The minimum Gasteiger partial charge on any atom is -0.325 e. The summed E-state index contributed by atoms with van der Waals surface area (Å²) in [5.74, 6) is -0.497. The molecular formula is C20H16F6N4OS. The summed E-state index contributed by atoms with van der Waals surface area (Å²) in [5.41, 5.74) is -2.80. The Kier molecular flexibility index (Phi) is 6.82. The van der Waals surface area contributed by atoms with E-state index in [2.05, 4.69) is 15.5 Å². The van der Waals surface area contributed by atoms with E-state index in [4.69, 9.17) is 0 Å². The molecule has 1 N–H and O–H groups in total. The van der Waals surface area contributed by atoms with Crippen molar-refractivity contribution in [2.45, 2.75) is 31.0 Å². The molecule has 1 amide bonds. The summed E-state index contributed by atoms with van der Waals surface area (Å²) in [5, 5.41) is 10.6. The van der Waals surface area contributed by atoms with Gasteiger partial charge in [0.25, 0.3) is 0 Å². The van der Waals surface area contributed by atoms with E-state index in [9.17, 15) is 31.1 Å². The van der Waals surface area contributed by atoms with Gasteiger partial charge in [0.15, 0.2) is 11.0 Å². The lowest BCUT2D eigenvalue weighted by atomic mass is 10.1. The number of nitrogens with one attached hydrogen (secondary N) is 1. The van der Waals surface area contributed by atoms with Crippen molar-refractivity contribution >= 4 is 23.4 Å². The zero-order valence-corrected chi connectivity index (χ0v) is 17.3. The summed E-state index contributed by atoms with van der Waals surface area (Å²) in [6, 6.07) is 10.1. The lowest BCUT2D eigenvalue weighted by molar-refractivity contribution is -0.143. The van der Waals surface area contributed by atoms with Gasteiger partial charge in [-0.3, -0.25) is 4.79 Å². The molecule has 2 aromatic carbocycles. The molecule has 0 bridgehead atoms. The number of carbonyl (C=O) groups is 1. The number of aromatic nitrogens is 3. The van der Waals surface area contributed by atoms with E-state index >= 15 is 0 Å². The molecule has 12 heteroatoms. The van der Waals surface area contributed by atoms with Crippen LogP contribution in [0.1, 0.15) is 18.1 Å². The first kappa shape index (κ1) is 23.6. The highest BCUT2D eigenvalue weighted by atomic mass is 32.2. The van der Waals surface area contributed by atoms with Crippen molar-refractivity contribution < 1.29 is 31.1 Å². The first-order valence-electron chi connectivity index (χ1n) is 9.19. The van der Waals surface area contributed by atoms with E-state index < -0.39 is 35.1 Å². The van der Waals surface area contributed by atoms with Crippen molar-refractivity contribution in [3.8, 4) is 11.4 Å². The Morgan fingerprint density at radius 3 is 2.09 bits per heavy atom. The summed E-state index contributed by atoms with van der Waals surface area (Å²) in [7, 11) is 0. The van der Waals surface area contributed by atoms with Crippen LogP contribution in [0.2, 0.25) is 0 Å². The van der Waals surface area contributed by atoms with Crippen LogP contribution in [0.25, 0.3) is 11.4 Å². The van der Waals surface area contributed by atoms with Gasteiger partial charge in [-0.15, -0.1) is 10.2 Å². The zero-order chi connectivity index (χ0) is 23.5. The Morgan fingerprint density at radius 2 is 1.56 bits per heavy atom. The number of nitrogens with zero attached hydrogens (tertiary/aromatic N) is 3. The highest BCUT2D eigenvalue weighted by molar-refractivity contribution is 7.99. The minimum atomic E-state index is -5.00. The Bertz CT molecular complexity index is 1060. The summed E-state index contributed by atoms with van der Waals surface area (Å²) in [6.07, 6.45) is -10.00. The van der Waals surface area contributed by atoms with E-state index in [1.54, 1.807) is 4.57 Å². The Hall–Kier alpha value is -3.02. The summed E-state index contributed by atoms with van der Waals surface area (Å²) in [4.78, 5) is 12.2. The van der Waals surface area contributed by atoms with Crippen LogP contribution in [0.5, 0.6) is 0 Å². The van der Waals surface area contributed by atoms with Crippen LogP contribution in [0.4, 0.5) is 32.0 Å². The molecule has 5 nitrogen and oxygen atoms in total. The third kappa shape index (κ3) is 5.61. The molecule has 0 aliphatic rings. The molecule has 0 fully saturated rings. The maximum Gasteiger partial charge on any atom is 0.416 e. The average molecular weight is 474 g/mol. The van der Waals surface area contributed by atoms with Crippen molar-refractivity contribution in [2.24, 2.45) is 0 Å². The number of carbonyl (C=O) groups excluding carboxylic acids is 1. The van der Waals surface area contributed by atoms with Crippen LogP contribution in [0, 0.1) is 0 Å². The topological polar surface area (TPSA) is 59.8 Å². The number of anilines is 1. The normalized spacial score (nSPS) is 12.1. The summed E-state index contributed by atoms with van der Waals surface area (Å²) < 4.78 is 79.5. The van der Waals surface area contributed by atoms with E-state index in [1.807, 2.05) is 37.3 Å². The first-order chi connectivity index (χ1) is 15.0. The maximum atomic E-state index is 13.0. The summed E-state index contributed by atoms with van der Waals surface area (Å²) >= 11 is 0.967. The largest absolute Gasteiger partial charge is 0.416 e. The lowest BCUT2D eigenvalue weighted by Gasteiger charge is -2.14. The molecule has 32 heavy (non-hydrogen) atoms. The smallest absolute Gasteiger partial charge is 0.325 e. The van der Waals surface area contributed by atoms with Gasteiger partial charge in [0, 0.05) is 17.8 Å². The van der Waals surface area contributed by atoms with Gasteiger partial charge in [-0.25, -0.2) is 0 Å². The van der Waals surface area contributed by atoms with Gasteiger partial charge in [0.2, 0.25) is 5.91 Å². The van der Waals surface area contributed by atoms with Crippen LogP contribution < -0.4 is 5.32 Å². The van der Waals surface area contributed by atoms with Crippen molar-refractivity contribution in [1.82, 2.24) is 14.8 Å². The van der Waals surface area contributed by atoms with E-state index in [0.29, 0.717) is 29.7 Å². The zero-order valence-electron chi connectivity index (χ0n) is 16.5. The number of halogens is 6. The number of rotatable bonds is 6. The van der Waals surface area contributed by atoms with Crippen molar-refractivity contribution in [3.63, 3.8) is 0 Å². The molecule has 1 aromatic heterocycles. The minimum absolute atomic E-state index is 0.000754. The third-order valence-corrected chi connectivity index (χ3v) is 5.24. The molecule has 0 aliphatic heterocycles. The third-order valence-electron chi connectivity index (χ3n) is 4.27. The number of hydrogen-bond acceptors (Lipinski definition) is 4. The Morgan fingerprint density at radius 1 is 0.969 bits per heavy atom. The van der Waals surface area contributed by atoms with Gasteiger partial charge in [-0.05, 0) is 25.1 Å². The predicted molar refractivity (Wildman–Crippen MR) is 107 cm³/mol. The summed E-state index contributed by atoms with van der Waals surface area (Å²) in [6.45, 7) is 2.34. The molecule has 0 atom stereocenters. The van der Waals surface area contributed by atoms with Crippen LogP contribution in [0.3, 0.4) is 0 Å². The van der Waals surface area contributed by atoms with Crippen LogP contribution >= 0.6 is 11.8 Å². The molecule has 3 aromatic rings. The molecule has 170 valence electrons. The predicted octanol–water partition coefficient (Wildman–Crippen LogP) is 5.73. The van der Waals surface area contributed by atoms with Gasteiger partial charge >= 0.3 is 12.4 Å². The van der Waals surface area contributed by atoms with Crippen LogP contribution in [0.15, 0.2) is 53.7 Å². The van der Waals surface area contributed by atoms with E-state index in [-0.39, 0.29) is 11.8 Å². The highest BCUT2D eigenvalue weighted by Crippen LogP contribution is 2.37. The fourth-order valence-electron chi connectivity index (χ4n) is 2.84. The highest BCUT2D eigenvalue weighted by Gasteiger charge is 2.37. The number of thioether (sulfide) groups is 1. The van der Waals surface area contributed by atoms with Crippen molar-refractivity contribution in [1.29, 1.82) is 0 Å². The molecule has 0 aliphatic carbocycles. The van der Waals surface area contributed by atoms with Crippen LogP contribution in [-0.4, -0.2) is 26.4 Å². The molecule has 1 heterocycles. The molecule has 0 spiro atoms. The van der Waals surface area contributed by atoms with Gasteiger partial charge in [-0.2, -0.15) is 26.3 Å². The second kappa shape index (κ2) is 9.23. The van der Waals surface area contributed by atoms with Gasteiger partial charge in [0.05, 0.1) is 16.9 Å². The van der Waals surface area contributed by atoms with Gasteiger partial charge < -0.3 is 9.88 Å². The molecule has 3 rings (SSSR count). The SMILES string of the molecule is CCn1c(SCC(=O)Nc2cc(C(F)(F)F)cc(C(F)(F)F)c2)nnc1-c1ccccc1. The lowest BCUT2D eigenvalue weighted by Crippen LogP contribution is -2.17. The maximum absolute atomic E-state index is 13.0. The Balaban J connectivity index is 1.75. The van der Waals surface area contributed by atoms with Crippen molar-refractivity contribution in [3.05, 3.63) is 59.7 Å². The number of hydrogen-bond donors (Lipinski definition) is 1. The number of amides is 1. The molecule has 0 saturated heterocycles. The number of benzene rings is 2. The number of alkyl halides is 6.